The second kappa shape index (κ2) is 7.61. The van der Waals surface area contributed by atoms with E-state index >= 15 is 0 Å². The molecule has 9 heteroatoms. The van der Waals surface area contributed by atoms with Crippen molar-refractivity contribution < 1.29 is 14.3 Å². The average molecular weight is 444 g/mol. The summed E-state index contributed by atoms with van der Waals surface area (Å²) in [4.78, 5) is 25.8. The van der Waals surface area contributed by atoms with Crippen molar-refractivity contribution in [1.82, 2.24) is 19.5 Å². The van der Waals surface area contributed by atoms with Gasteiger partial charge < -0.3 is 25.1 Å². The van der Waals surface area contributed by atoms with Crippen molar-refractivity contribution in [3.05, 3.63) is 36.5 Å². The van der Waals surface area contributed by atoms with E-state index in [2.05, 4.69) is 19.9 Å². The van der Waals surface area contributed by atoms with E-state index in [-0.39, 0.29) is 11.9 Å². The number of imidazole rings is 1. The number of primary amides is 1. The van der Waals surface area contributed by atoms with Crippen molar-refractivity contribution in [2.45, 2.75) is 31.8 Å². The predicted molar refractivity (Wildman–Crippen MR) is 124 cm³/mol. The van der Waals surface area contributed by atoms with Crippen molar-refractivity contribution in [3.63, 3.8) is 0 Å². The fourth-order valence-electron chi connectivity index (χ4n) is 4.53. The highest BCUT2D eigenvalue weighted by atomic mass is 16.5. The summed E-state index contributed by atoms with van der Waals surface area (Å²) < 4.78 is 13.5. The molecule has 3 heterocycles. The first-order valence-electron chi connectivity index (χ1n) is 11.1. The van der Waals surface area contributed by atoms with E-state index in [0.717, 1.165) is 70.7 Å². The summed E-state index contributed by atoms with van der Waals surface area (Å²) in [6.45, 7) is 1.41. The Balaban J connectivity index is 1.45. The molecule has 1 aliphatic heterocycles. The van der Waals surface area contributed by atoms with Gasteiger partial charge in [-0.05, 0) is 49.4 Å². The number of nitrogens with two attached hydrogens (primary N) is 1. The number of carbonyl (C=O) groups is 1. The first kappa shape index (κ1) is 19.8. The van der Waals surface area contributed by atoms with Gasteiger partial charge in [-0.1, -0.05) is 0 Å². The summed E-state index contributed by atoms with van der Waals surface area (Å²) in [5.41, 5.74) is 10.7. The lowest BCUT2D eigenvalue weighted by atomic mass is 10.1. The third-order valence-electron chi connectivity index (χ3n) is 6.30. The molecule has 1 aliphatic carbocycles. The van der Waals surface area contributed by atoms with Gasteiger partial charge >= 0.3 is 0 Å². The Hall–Kier alpha value is -3.88. The molecule has 1 saturated carbocycles. The number of amides is 1. The molecule has 0 spiro atoms. The summed E-state index contributed by atoms with van der Waals surface area (Å²) in [6, 6.07) is 9.47. The number of aromatic nitrogens is 4. The highest BCUT2D eigenvalue weighted by Crippen LogP contribution is 2.38. The molecule has 0 unspecified atom stereocenters. The first-order chi connectivity index (χ1) is 16.1. The Kier molecular flexibility index (Phi) is 4.56. The number of nitrogens with zero attached hydrogens (tertiary/aromatic N) is 4. The SMILES string of the molecule is COc1cnc2cc(-c3nc4cc(N[C@H](C(N)=O)C5CC5)cc5c4n3CCCO5)ccc2n1. The van der Waals surface area contributed by atoms with Crippen molar-refractivity contribution >= 4 is 33.7 Å². The van der Waals surface area contributed by atoms with E-state index in [1.54, 1.807) is 13.3 Å². The number of benzene rings is 2. The zero-order chi connectivity index (χ0) is 22.5. The van der Waals surface area contributed by atoms with Crippen LogP contribution in [0.5, 0.6) is 11.6 Å². The minimum Gasteiger partial charge on any atom is -0.491 e. The van der Waals surface area contributed by atoms with Crippen LogP contribution < -0.4 is 20.5 Å². The van der Waals surface area contributed by atoms with Crippen LogP contribution in [-0.2, 0) is 11.3 Å². The van der Waals surface area contributed by atoms with Crippen LogP contribution in [0.15, 0.2) is 36.5 Å². The number of fused-ring (bicyclic) bond motifs is 1. The maximum atomic E-state index is 12.0. The Bertz CT molecular complexity index is 1390. The Morgan fingerprint density at radius 2 is 2.09 bits per heavy atom. The quantitative estimate of drug-likeness (QED) is 0.469. The van der Waals surface area contributed by atoms with E-state index in [1.165, 1.54) is 0 Å². The molecular formula is C24H24N6O3. The third-order valence-corrected chi connectivity index (χ3v) is 6.30. The van der Waals surface area contributed by atoms with Gasteiger partial charge in [-0.25, -0.2) is 15.0 Å². The number of aryl methyl sites for hydroxylation is 1. The van der Waals surface area contributed by atoms with Crippen molar-refractivity contribution in [3.8, 4) is 23.0 Å². The number of hydrogen-bond donors (Lipinski definition) is 2. The second-order valence-electron chi connectivity index (χ2n) is 8.61. The molecule has 3 N–H and O–H groups in total. The second-order valence-corrected chi connectivity index (χ2v) is 8.61. The average Bonchev–Trinajstić information content (AvgIpc) is 3.62. The van der Waals surface area contributed by atoms with Gasteiger partial charge in [0.1, 0.15) is 23.1 Å². The van der Waals surface area contributed by atoms with Crippen LogP contribution in [0.25, 0.3) is 33.5 Å². The largest absolute Gasteiger partial charge is 0.491 e. The smallest absolute Gasteiger partial charge is 0.240 e. The fourth-order valence-corrected chi connectivity index (χ4v) is 4.53. The molecule has 9 nitrogen and oxygen atoms in total. The highest BCUT2D eigenvalue weighted by Gasteiger charge is 2.35. The van der Waals surface area contributed by atoms with E-state index in [0.29, 0.717) is 18.4 Å². The summed E-state index contributed by atoms with van der Waals surface area (Å²) in [5.74, 6) is 2.06. The van der Waals surface area contributed by atoms with Crippen LogP contribution in [0.1, 0.15) is 19.3 Å². The monoisotopic (exact) mass is 444 g/mol. The van der Waals surface area contributed by atoms with Gasteiger partial charge in [0.25, 0.3) is 0 Å². The molecule has 0 bridgehead atoms. The van der Waals surface area contributed by atoms with E-state index in [4.69, 9.17) is 20.2 Å². The molecule has 2 aromatic carbocycles. The molecule has 0 saturated heterocycles. The molecule has 1 fully saturated rings. The topological polar surface area (TPSA) is 117 Å². The van der Waals surface area contributed by atoms with Crippen LogP contribution in [0, 0.1) is 5.92 Å². The Morgan fingerprint density at radius 1 is 1.21 bits per heavy atom. The molecule has 2 aliphatic rings. The molecule has 2 aromatic heterocycles. The molecule has 4 aromatic rings. The van der Waals surface area contributed by atoms with Gasteiger partial charge in [0.15, 0.2) is 0 Å². The van der Waals surface area contributed by atoms with Gasteiger partial charge in [-0.2, -0.15) is 0 Å². The van der Waals surface area contributed by atoms with Gasteiger partial charge in [0.2, 0.25) is 11.8 Å². The molecule has 168 valence electrons. The third kappa shape index (κ3) is 3.49. The van der Waals surface area contributed by atoms with Crippen LogP contribution in [0.4, 0.5) is 5.69 Å². The number of anilines is 1. The number of hydrogen-bond acceptors (Lipinski definition) is 7. The number of ether oxygens (including phenoxy) is 2. The molecule has 33 heavy (non-hydrogen) atoms. The lowest BCUT2D eigenvalue weighted by Gasteiger charge is -2.17. The number of nitrogens with one attached hydrogen (secondary N) is 1. The minimum atomic E-state index is -0.377. The van der Waals surface area contributed by atoms with Crippen LogP contribution >= 0.6 is 0 Å². The molecule has 1 amide bonds. The molecule has 6 rings (SSSR count). The number of methoxy groups -OCH3 is 1. The summed E-state index contributed by atoms with van der Waals surface area (Å²) in [7, 11) is 1.58. The summed E-state index contributed by atoms with van der Waals surface area (Å²) >= 11 is 0. The number of carbonyl (C=O) groups excluding carboxylic acids is 1. The maximum Gasteiger partial charge on any atom is 0.240 e. The minimum absolute atomic E-state index is 0.295. The fraction of sp³-hybridized carbons (Fsp3) is 0.333. The lowest BCUT2D eigenvalue weighted by Crippen LogP contribution is -2.37. The van der Waals surface area contributed by atoms with E-state index in [1.807, 2.05) is 30.3 Å². The van der Waals surface area contributed by atoms with Gasteiger partial charge in [-0.3, -0.25) is 4.79 Å². The van der Waals surface area contributed by atoms with E-state index in [9.17, 15) is 4.79 Å². The van der Waals surface area contributed by atoms with Gasteiger partial charge in [-0.15, -0.1) is 0 Å². The highest BCUT2D eigenvalue weighted by molar-refractivity contribution is 5.92. The Labute approximate surface area is 189 Å². The van der Waals surface area contributed by atoms with Crippen molar-refractivity contribution in [2.75, 3.05) is 19.0 Å². The Morgan fingerprint density at radius 3 is 2.88 bits per heavy atom. The molecule has 1 atom stereocenters. The first-order valence-corrected chi connectivity index (χ1v) is 11.1. The normalized spacial score (nSPS) is 16.3. The maximum absolute atomic E-state index is 12.0. The lowest BCUT2D eigenvalue weighted by molar-refractivity contribution is -0.119. The molecular weight excluding hydrogens is 420 g/mol. The zero-order valence-electron chi connectivity index (χ0n) is 18.2. The zero-order valence-corrected chi connectivity index (χ0v) is 18.2. The van der Waals surface area contributed by atoms with Gasteiger partial charge in [0, 0.05) is 23.9 Å². The predicted octanol–water partition coefficient (Wildman–Crippen LogP) is 3.11. The summed E-state index contributed by atoms with van der Waals surface area (Å²) in [6.07, 6.45) is 4.51. The van der Waals surface area contributed by atoms with Crippen LogP contribution in [0.3, 0.4) is 0 Å². The number of rotatable bonds is 6. The van der Waals surface area contributed by atoms with Crippen LogP contribution in [0.2, 0.25) is 0 Å². The van der Waals surface area contributed by atoms with Gasteiger partial charge in [0.05, 0.1) is 36.5 Å². The van der Waals surface area contributed by atoms with Crippen LogP contribution in [-0.4, -0.2) is 45.2 Å². The van der Waals surface area contributed by atoms with E-state index < -0.39 is 0 Å². The standard InChI is InChI=1S/C24H24N6O3/c1-32-20-12-26-17-9-14(5-6-16(17)28-20)24-29-18-10-15(27-21(23(25)31)13-3-4-13)11-19-22(18)30(24)7-2-8-33-19/h5-6,9-13,21,27H,2-4,7-8H2,1H3,(H2,25,31)/t21-/m0/s1. The molecule has 0 radical (unpaired) electrons. The van der Waals surface area contributed by atoms with Crippen molar-refractivity contribution in [1.29, 1.82) is 0 Å². The van der Waals surface area contributed by atoms with Crippen molar-refractivity contribution in [2.24, 2.45) is 11.7 Å². The summed E-state index contributed by atoms with van der Waals surface area (Å²) in [5, 5.41) is 3.32.